The van der Waals surface area contributed by atoms with Gasteiger partial charge in [-0.2, -0.15) is 14.0 Å². The van der Waals surface area contributed by atoms with Gasteiger partial charge in [0.1, 0.15) is 35.6 Å². The molecule has 1 fully saturated rings. The summed E-state index contributed by atoms with van der Waals surface area (Å²) < 4.78 is 66.3. The zero-order valence-electron chi connectivity index (χ0n) is 24.3. The Balaban J connectivity index is 1.33. The van der Waals surface area contributed by atoms with E-state index >= 15 is 0 Å². The third-order valence-electron chi connectivity index (χ3n) is 7.58. The Bertz CT molecular complexity index is 2160. The highest BCUT2D eigenvalue weighted by Gasteiger charge is 2.44. The fraction of sp³-hybridized carbons (Fsp3) is 0.258. The molecule has 0 bridgehead atoms. The van der Waals surface area contributed by atoms with Gasteiger partial charge >= 0.3 is 12.6 Å². The predicted molar refractivity (Wildman–Crippen MR) is 165 cm³/mol. The quantitative estimate of drug-likeness (QED) is 0.167. The predicted octanol–water partition coefficient (Wildman–Crippen LogP) is 6.34. The van der Waals surface area contributed by atoms with Gasteiger partial charge in [0.05, 0.1) is 46.3 Å². The molecule has 1 aliphatic heterocycles. The highest BCUT2D eigenvalue weighted by Crippen LogP contribution is 2.40. The first-order valence-electron chi connectivity index (χ1n) is 13.9. The van der Waals surface area contributed by atoms with E-state index in [1.807, 2.05) is 0 Å². The van der Waals surface area contributed by atoms with Gasteiger partial charge in [0.2, 0.25) is 0 Å². The summed E-state index contributed by atoms with van der Waals surface area (Å²) in [5, 5.41) is 21.1. The Morgan fingerprint density at radius 1 is 1.23 bits per heavy atom. The largest absolute Gasteiger partial charge is 0.491 e. The summed E-state index contributed by atoms with van der Waals surface area (Å²) >= 11 is 7.51. The number of carboxylic acids is 1. The van der Waals surface area contributed by atoms with Crippen LogP contribution in [0.5, 0.6) is 11.5 Å². The number of aromatic nitrogens is 3. The van der Waals surface area contributed by atoms with Crippen molar-refractivity contribution in [2.45, 2.75) is 32.5 Å². The van der Waals surface area contributed by atoms with E-state index in [0.717, 1.165) is 0 Å². The normalized spacial score (nSPS) is 14.3. The molecule has 1 aliphatic rings. The number of aryl methyl sites for hydroxylation is 1. The molecule has 5 aromatic rings. The second kappa shape index (κ2) is 12.4. The number of halogens is 5. The summed E-state index contributed by atoms with van der Waals surface area (Å²) in [6.07, 6.45) is 1.48. The molecule has 10 nitrogen and oxygen atoms in total. The van der Waals surface area contributed by atoms with Crippen LogP contribution < -0.4 is 15.0 Å². The first kappa shape index (κ1) is 32.2. The van der Waals surface area contributed by atoms with Gasteiger partial charge in [0.15, 0.2) is 0 Å². The Morgan fingerprint density at radius 2 is 2.00 bits per heavy atom. The Morgan fingerprint density at radius 3 is 2.68 bits per heavy atom. The number of thiophene rings is 1. The van der Waals surface area contributed by atoms with E-state index in [1.165, 1.54) is 38.4 Å². The molecule has 0 saturated carbocycles. The monoisotopic (exact) mass is 687 g/mol. The number of carboxylic acid groups (broad SMARTS) is 1. The van der Waals surface area contributed by atoms with Crippen molar-refractivity contribution >= 4 is 50.0 Å². The van der Waals surface area contributed by atoms with Crippen molar-refractivity contribution in [3.63, 3.8) is 0 Å². The van der Waals surface area contributed by atoms with Gasteiger partial charge in [0, 0.05) is 39.8 Å². The lowest BCUT2D eigenvalue weighted by atomic mass is 10.0. The third kappa shape index (κ3) is 6.19. The minimum atomic E-state index is -3.34. The summed E-state index contributed by atoms with van der Waals surface area (Å²) in [7, 11) is 0. The number of pyridine rings is 1. The molecule has 0 aliphatic carbocycles. The molecule has 6 rings (SSSR count). The molecule has 1 saturated heterocycles. The van der Waals surface area contributed by atoms with Crippen LogP contribution in [0, 0.1) is 18.3 Å². The fourth-order valence-corrected chi connectivity index (χ4v) is 6.78. The number of nitrogens with zero attached hydrogens (tertiary/aromatic N) is 5. The number of ether oxygens (including phenoxy) is 2. The van der Waals surface area contributed by atoms with Gasteiger partial charge in [0.25, 0.3) is 11.5 Å². The van der Waals surface area contributed by atoms with E-state index in [1.54, 1.807) is 37.3 Å². The Kier molecular flexibility index (Phi) is 8.51. The lowest BCUT2D eigenvalue weighted by Crippen LogP contribution is -2.55. The van der Waals surface area contributed by atoms with Gasteiger partial charge in [-0.3, -0.25) is 19.2 Å². The summed E-state index contributed by atoms with van der Waals surface area (Å²) in [5.74, 6) is -3.99. The van der Waals surface area contributed by atoms with Crippen LogP contribution in [-0.4, -0.2) is 62.7 Å². The second-order valence-corrected chi connectivity index (χ2v) is 12.0. The van der Waals surface area contributed by atoms with Crippen LogP contribution >= 0.6 is 22.9 Å². The number of rotatable bonds is 10. The topological polar surface area (TPSA) is 131 Å². The first-order chi connectivity index (χ1) is 22.4. The molecule has 4 heterocycles. The number of carbonyl (C=O) groups is 1. The van der Waals surface area contributed by atoms with E-state index in [0.29, 0.717) is 32.1 Å². The molecule has 0 radical (unpaired) electrons. The minimum Gasteiger partial charge on any atom is -0.491 e. The molecule has 3 aromatic heterocycles. The zero-order chi connectivity index (χ0) is 33.6. The highest BCUT2D eigenvalue weighted by molar-refractivity contribution is 7.18. The van der Waals surface area contributed by atoms with Gasteiger partial charge in [-0.1, -0.05) is 11.6 Å². The van der Waals surface area contributed by atoms with E-state index in [2.05, 4.69) is 14.7 Å². The number of alkyl halides is 4. The van der Waals surface area contributed by atoms with Crippen molar-refractivity contribution in [2.75, 3.05) is 19.7 Å². The molecule has 2 aromatic carbocycles. The van der Waals surface area contributed by atoms with Crippen molar-refractivity contribution in [3.8, 4) is 28.7 Å². The first-order valence-corrected chi connectivity index (χ1v) is 15.2. The average Bonchev–Trinajstić information content (AvgIpc) is 3.44. The molecular weight excluding hydrogens is 666 g/mol. The zero-order valence-corrected chi connectivity index (χ0v) is 25.8. The summed E-state index contributed by atoms with van der Waals surface area (Å²) in [5.41, 5.74) is 0.429. The van der Waals surface area contributed by atoms with Crippen LogP contribution in [0.2, 0.25) is 5.02 Å². The lowest BCUT2D eigenvalue weighted by molar-refractivity contribution is -0.134. The highest BCUT2D eigenvalue weighted by atomic mass is 35.5. The Labute approximate surface area is 272 Å². The number of hydrogen-bond acceptors (Lipinski definition) is 9. The number of fused-ring (bicyclic) bond motifs is 2. The molecule has 16 heteroatoms. The maximum absolute atomic E-state index is 13.7. The van der Waals surface area contributed by atoms with Crippen molar-refractivity contribution in [2.24, 2.45) is 0 Å². The van der Waals surface area contributed by atoms with Crippen LogP contribution in [0.1, 0.15) is 27.3 Å². The number of likely N-dealkylation sites (tertiary alicyclic amines) is 1. The third-order valence-corrected chi connectivity index (χ3v) is 8.82. The van der Waals surface area contributed by atoms with Crippen molar-refractivity contribution in [1.82, 2.24) is 19.4 Å². The van der Waals surface area contributed by atoms with Crippen LogP contribution in [-0.2, 0) is 13.1 Å². The van der Waals surface area contributed by atoms with Crippen molar-refractivity contribution in [3.05, 3.63) is 79.8 Å². The minimum absolute atomic E-state index is 0.0268. The SMILES string of the molecule is Cc1nc2cc(CN3CC(F)(F)C3)c(OC(F)F)c(C#N)c2c(=O)n1CCOc1ccc(Cl)cc1-c1ccnc2c(C(=O)O)csc12. The van der Waals surface area contributed by atoms with Crippen LogP contribution in [0.3, 0.4) is 0 Å². The molecule has 0 spiro atoms. The van der Waals surface area contributed by atoms with Gasteiger partial charge in [-0.25, -0.2) is 18.6 Å². The molecular formula is C31H22ClF4N5O5S. The summed E-state index contributed by atoms with van der Waals surface area (Å²) in [6.45, 7) is -3.33. The van der Waals surface area contributed by atoms with E-state index < -0.39 is 48.5 Å². The smallest absolute Gasteiger partial charge is 0.387 e. The number of benzene rings is 2. The second-order valence-electron chi connectivity index (χ2n) is 10.7. The molecule has 242 valence electrons. The lowest BCUT2D eigenvalue weighted by Gasteiger charge is -2.38. The van der Waals surface area contributed by atoms with Crippen molar-refractivity contribution < 1.29 is 36.9 Å². The molecule has 47 heavy (non-hydrogen) atoms. The van der Waals surface area contributed by atoms with E-state index in [-0.39, 0.29) is 47.6 Å². The summed E-state index contributed by atoms with van der Waals surface area (Å²) in [6, 6.07) is 9.66. The average molecular weight is 688 g/mol. The summed E-state index contributed by atoms with van der Waals surface area (Å²) in [4.78, 5) is 35.3. The molecule has 0 atom stereocenters. The van der Waals surface area contributed by atoms with Gasteiger partial charge in [-0.05, 0) is 37.3 Å². The fourth-order valence-electron chi connectivity index (χ4n) is 5.58. The number of aromatic carboxylic acids is 1. The standard InChI is InChI=1S/C31H22ClF4N5O5S/c1-15-39-22-8-16(11-40-13-31(35,36)14-40)26(46-30(33)34)20(10-37)24(22)28(42)41(15)6-7-45-23-3-2-17(32)9-19(23)18-4-5-38-25-21(29(43)44)12-47-27(18)25/h2-5,8-9,12,30H,6-7,11,13-14H2,1H3,(H,43,44). The molecule has 0 unspecified atom stereocenters. The van der Waals surface area contributed by atoms with E-state index in [9.17, 15) is 37.5 Å². The Hall–Kier alpha value is -4.78. The van der Waals surface area contributed by atoms with Gasteiger partial charge < -0.3 is 14.6 Å². The maximum Gasteiger partial charge on any atom is 0.387 e. The number of hydrogen-bond donors (Lipinski definition) is 1. The van der Waals surface area contributed by atoms with E-state index in [4.69, 9.17) is 16.3 Å². The van der Waals surface area contributed by atoms with Crippen molar-refractivity contribution in [1.29, 1.82) is 5.26 Å². The number of nitriles is 1. The van der Waals surface area contributed by atoms with Crippen LogP contribution in [0.4, 0.5) is 17.6 Å². The molecule has 0 amide bonds. The van der Waals surface area contributed by atoms with Crippen LogP contribution in [0.25, 0.3) is 32.2 Å². The van der Waals surface area contributed by atoms with Gasteiger partial charge in [-0.15, -0.1) is 11.3 Å². The molecule has 1 N–H and O–H groups in total. The maximum atomic E-state index is 13.7. The van der Waals surface area contributed by atoms with Crippen LogP contribution in [0.15, 0.2) is 46.7 Å².